The summed E-state index contributed by atoms with van der Waals surface area (Å²) in [6.07, 6.45) is 5.07. The van der Waals surface area contributed by atoms with Gasteiger partial charge in [0.2, 0.25) is 5.91 Å². The van der Waals surface area contributed by atoms with Crippen molar-refractivity contribution in [2.75, 3.05) is 26.8 Å². The van der Waals surface area contributed by atoms with E-state index < -0.39 is 0 Å². The highest BCUT2D eigenvalue weighted by atomic mass is 79.9. The van der Waals surface area contributed by atoms with Crippen molar-refractivity contribution < 1.29 is 28.2 Å². The van der Waals surface area contributed by atoms with E-state index >= 15 is 0 Å². The summed E-state index contributed by atoms with van der Waals surface area (Å²) in [7, 11) is 1.35. The van der Waals surface area contributed by atoms with Crippen molar-refractivity contribution in [1.82, 2.24) is 15.1 Å². The van der Waals surface area contributed by atoms with Crippen molar-refractivity contribution in [3.8, 4) is 5.75 Å². The predicted molar refractivity (Wildman–Crippen MR) is 189 cm³/mol. The van der Waals surface area contributed by atoms with Crippen LogP contribution < -0.4 is 10.1 Å². The molecule has 2 bridgehead atoms. The molecule has 2 fully saturated rings. The minimum absolute atomic E-state index is 0.00271. The lowest BCUT2D eigenvalue weighted by Crippen LogP contribution is -2.62. The van der Waals surface area contributed by atoms with E-state index in [2.05, 4.69) is 57.6 Å². The van der Waals surface area contributed by atoms with E-state index in [4.69, 9.17) is 9.47 Å². The number of methoxy groups -OCH3 is 1. The zero-order valence-electron chi connectivity index (χ0n) is 27.8. The third-order valence-electron chi connectivity index (χ3n) is 9.49. The van der Waals surface area contributed by atoms with Gasteiger partial charge in [-0.2, -0.15) is 0 Å². The molecule has 2 atom stereocenters. The minimum atomic E-state index is -0.335. The molecule has 1 N–H and O–H groups in total. The van der Waals surface area contributed by atoms with E-state index in [1.54, 1.807) is 6.07 Å². The molecule has 0 spiro atoms. The fourth-order valence-corrected chi connectivity index (χ4v) is 7.18. The van der Waals surface area contributed by atoms with Crippen molar-refractivity contribution in [3.63, 3.8) is 0 Å². The highest BCUT2D eigenvalue weighted by molar-refractivity contribution is 9.10. The zero-order valence-corrected chi connectivity index (χ0v) is 29.4. The largest absolute Gasteiger partial charge is 0.492 e. The Morgan fingerprint density at radius 1 is 0.959 bits per heavy atom. The first-order valence-electron chi connectivity index (χ1n) is 17.1. The fraction of sp³-hybridized carbons (Fsp3) is 0.410. The lowest BCUT2D eigenvalue weighted by Gasteiger charge is -2.45. The number of rotatable bonds is 14. The lowest BCUT2D eigenvalue weighted by atomic mass is 9.82. The van der Waals surface area contributed by atoms with Gasteiger partial charge in [-0.3, -0.25) is 14.4 Å². The molecule has 2 aliphatic heterocycles. The Kier molecular flexibility index (Phi) is 11.5. The van der Waals surface area contributed by atoms with Crippen LogP contribution in [0.25, 0.3) is 5.57 Å². The summed E-state index contributed by atoms with van der Waals surface area (Å²) in [6, 6.07) is 22.9. The predicted octanol–water partition coefficient (Wildman–Crippen LogP) is 6.46. The maximum atomic E-state index is 14.7. The van der Waals surface area contributed by atoms with Gasteiger partial charge in [0.05, 0.1) is 24.2 Å². The van der Waals surface area contributed by atoms with Gasteiger partial charge in [-0.05, 0) is 88.9 Å². The van der Waals surface area contributed by atoms with Gasteiger partial charge in [0, 0.05) is 56.2 Å². The van der Waals surface area contributed by atoms with Crippen LogP contribution in [0.1, 0.15) is 61.6 Å². The lowest BCUT2D eigenvalue weighted by molar-refractivity contribution is -0.141. The average molecular weight is 733 g/mol. The van der Waals surface area contributed by atoms with Crippen LogP contribution in [0.2, 0.25) is 0 Å². The van der Waals surface area contributed by atoms with Crippen LogP contribution in [-0.4, -0.2) is 72.5 Å². The number of esters is 1. The summed E-state index contributed by atoms with van der Waals surface area (Å²) in [6.45, 7) is 1.95. The maximum Gasteiger partial charge on any atom is 0.305 e. The minimum Gasteiger partial charge on any atom is -0.492 e. The van der Waals surface area contributed by atoms with Crippen LogP contribution in [0.15, 0.2) is 82.8 Å². The molecule has 3 aliphatic rings. The molecule has 3 aromatic carbocycles. The molecular weight excluding hydrogens is 689 g/mol. The van der Waals surface area contributed by atoms with Crippen LogP contribution in [0, 0.1) is 5.82 Å². The molecular formula is C39H43BrFN3O5. The van der Waals surface area contributed by atoms with E-state index in [0.29, 0.717) is 44.8 Å². The summed E-state index contributed by atoms with van der Waals surface area (Å²) in [5.74, 6) is -0.136. The second-order valence-electron chi connectivity index (χ2n) is 13.1. The Hall–Kier alpha value is -4.02. The van der Waals surface area contributed by atoms with Crippen molar-refractivity contribution in [2.24, 2.45) is 0 Å². The third-order valence-corrected chi connectivity index (χ3v) is 10.1. The number of ether oxygens (including phenoxy) is 2. The smallest absolute Gasteiger partial charge is 0.305 e. The number of benzene rings is 3. The number of piperazine rings is 1. The Bertz CT molecular complexity index is 1680. The van der Waals surface area contributed by atoms with E-state index in [1.165, 1.54) is 19.2 Å². The normalized spacial score (nSPS) is 18.6. The fourth-order valence-electron chi connectivity index (χ4n) is 6.82. The highest BCUT2D eigenvalue weighted by Crippen LogP contribution is 2.37. The van der Waals surface area contributed by atoms with Gasteiger partial charge in [-0.25, -0.2) is 4.39 Å². The second-order valence-corrected chi connectivity index (χ2v) is 14.0. The van der Waals surface area contributed by atoms with Gasteiger partial charge in [0.25, 0.3) is 5.91 Å². The Morgan fingerprint density at radius 3 is 2.47 bits per heavy atom. The second kappa shape index (κ2) is 16.1. The van der Waals surface area contributed by atoms with Crippen LogP contribution in [0.4, 0.5) is 4.39 Å². The number of amides is 2. The number of fused-ring (bicyclic) bond motifs is 2. The number of nitrogens with zero attached hydrogens (tertiary/aromatic N) is 2. The molecule has 8 nitrogen and oxygen atoms in total. The van der Waals surface area contributed by atoms with E-state index in [0.717, 1.165) is 58.0 Å². The first-order chi connectivity index (χ1) is 23.8. The first kappa shape index (κ1) is 34.8. The van der Waals surface area contributed by atoms with Gasteiger partial charge < -0.3 is 24.6 Å². The molecule has 258 valence electrons. The molecule has 1 saturated heterocycles. The summed E-state index contributed by atoms with van der Waals surface area (Å²) in [5.41, 5.74) is 5.06. The topological polar surface area (TPSA) is 88.2 Å². The Balaban J connectivity index is 1.20. The van der Waals surface area contributed by atoms with Gasteiger partial charge in [0.1, 0.15) is 11.6 Å². The molecule has 49 heavy (non-hydrogen) atoms. The summed E-state index contributed by atoms with van der Waals surface area (Å²) >= 11 is 3.41. The summed E-state index contributed by atoms with van der Waals surface area (Å²) in [5, 5.41) is 3.68. The Labute approximate surface area is 295 Å². The SMILES string of the molecule is COC(=O)CCCC(=O)N1C[C@H]2CC(c3ccc(CCCOc4cc(F)ccc4Br)cc3)=C(C(=O)N(Cc3ccccc3)C3CC3)[C@@H](C1)N2. The van der Waals surface area contributed by atoms with Crippen molar-refractivity contribution >= 4 is 39.3 Å². The van der Waals surface area contributed by atoms with Gasteiger partial charge >= 0.3 is 5.97 Å². The summed E-state index contributed by atoms with van der Waals surface area (Å²) < 4.78 is 24.9. The molecule has 6 rings (SSSR count). The number of hydrogen-bond acceptors (Lipinski definition) is 6. The van der Waals surface area contributed by atoms with Crippen molar-refractivity contribution in [3.05, 3.63) is 105 Å². The molecule has 0 unspecified atom stereocenters. The number of carbonyl (C=O) groups excluding carboxylic acids is 3. The monoisotopic (exact) mass is 731 g/mol. The molecule has 1 aliphatic carbocycles. The van der Waals surface area contributed by atoms with Crippen LogP contribution in [-0.2, 0) is 32.1 Å². The number of nitrogens with one attached hydrogen (secondary N) is 1. The van der Waals surface area contributed by atoms with Crippen LogP contribution in [0.3, 0.4) is 0 Å². The number of aryl methyl sites for hydroxylation is 1. The zero-order chi connectivity index (χ0) is 34.3. The van der Waals surface area contributed by atoms with E-state index in [1.807, 2.05) is 28.0 Å². The molecule has 0 radical (unpaired) electrons. The maximum absolute atomic E-state index is 14.7. The molecule has 2 heterocycles. The highest BCUT2D eigenvalue weighted by Gasteiger charge is 2.43. The van der Waals surface area contributed by atoms with Crippen molar-refractivity contribution in [1.29, 1.82) is 0 Å². The number of halogens is 2. The average Bonchev–Trinajstić information content (AvgIpc) is 3.96. The Morgan fingerprint density at radius 2 is 1.73 bits per heavy atom. The van der Waals surface area contributed by atoms with E-state index in [-0.39, 0.29) is 54.6 Å². The van der Waals surface area contributed by atoms with Gasteiger partial charge in [-0.15, -0.1) is 0 Å². The quantitative estimate of drug-likeness (QED) is 0.151. The van der Waals surface area contributed by atoms with Gasteiger partial charge in [-0.1, -0.05) is 54.6 Å². The molecule has 10 heteroatoms. The number of hydrogen-bond donors (Lipinski definition) is 1. The third kappa shape index (κ3) is 8.97. The summed E-state index contributed by atoms with van der Waals surface area (Å²) in [4.78, 5) is 43.4. The number of carbonyl (C=O) groups is 3. The molecule has 3 aromatic rings. The van der Waals surface area contributed by atoms with Gasteiger partial charge in [0.15, 0.2) is 0 Å². The molecule has 2 amide bonds. The molecule has 0 aromatic heterocycles. The molecule has 1 saturated carbocycles. The van der Waals surface area contributed by atoms with Crippen LogP contribution in [0.5, 0.6) is 5.75 Å². The first-order valence-corrected chi connectivity index (χ1v) is 17.9. The standard InChI is InChI=1S/C39H43BrFN3O5/c1-48-37(46)11-5-10-36(45)43-24-30-22-32(28-14-12-26(13-15-28)9-6-20-49-35-21-29(41)16-19-33(35)40)38(34(25-43)42-30)39(47)44(31-17-18-31)23-27-7-3-2-4-8-27/h2-4,7-8,12-16,19,21,30-31,34,42H,5-6,9-11,17-18,20,22-25H2,1H3/t30-,34-/m1/s1. The van der Waals surface area contributed by atoms with Crippen molar-refractivity contribution in [2.45, 2.75) is 76.0 Å². The van der Waals surface area contributed by atoms with Crippen LogP contribution >= 0.6 is 15.9 Å². The van der Waals surface area contributed by atoms with E-state index in [9.17, 15) is 18.8 Å².